The molecule has 4 aromatic carbocycles. The Kier molecular flexibility index (Phi) is 7.80. The number of halogens is 2. The van der Waals surface area contributed by atoms with Gasteiger partial charge in [-0.2, -0.15) is 9.78 Å². The van der Waals surface area contributed by atoms with Crippen molar-refractivity contribution < 1.29 is 18.9 Å². The van der Waals surface area contributed by atoms with E-state index in [-0.39, 0.29) is 33.3 Å². The smallest absolute Gasteiger partial charge is 0.313 e. The first-order valence-corrected chi connectivity index (χ1v) is 13.7. The third-order valence-electron chi connectivity index (χ3n) is 6.45. The molecule has 0 bridgehead atoms. The maximum Gasteiger partial charge on any atom is 0.313 e. The summed E-state index contributed by atoms with van der Waals surface area (Å²) in [4.78, 5) is 42.1. The Bertz CT molecular complexity index is 2130. The number of aromatic nitrogens is 2. The zero-order valence-electron chi connectivity index (χ0n) is 22.4. The SMILES string of the molecule is O=C(COc1c(C=Nn2c(-c3cc4ccccc4o3)nc3ccccc3c2=O)cc(Cl)cc1[N+](=O)[O-])Nc1ccc(Cl)cc1. The van der Waals surface area contributed by atoms with Crippen LogP contribution >= 0.6 is 23.2 Å². The Hall–Kier alpha value is -5.52. The zero-order chi connectivity index (χ0) is 30.8. The van der Waals surface area contributed by atoms with Crippen molar-refractivity contribution in [3.63, 3.8) is 0 Å². The molecule has 0 saturated carbocycles. The van der Waals surface area contributed by atoms with E-state index in [4.69, 9.17) is 32.4 Å². The van der Waals surface area contributed by atoms with Gasteiger partial charge in [-0.05, 0) is 54.6 Å². The topological polar surface area (TPSA) is 142 Å². The van der Waals surface area contributed by atoms with Gasteiger partial charge in [-0.1, -0.05) is 53.5 Å². The minimum atomic E-state index is -0.695. The average molecular weight is 628 g/mol. The first-order chi connectivity index (χ1) is 21.3. The van der Waals surface area contributed by atoms with Crippen molar-refractivity contribution in [3.8, 4) is 17.3 Å². The van der Waals surface area contributed by atoms with E-state index in [0.29, 0.717) is 21.8 Å². The van der Waals surface area contributed by atoms with Crippen molar-refractivity contribution >= 4 is 68.6 Å². The molecule has 44 heavy (non-hydrogen) atoms. The van der Waals surface area contributed by atoms with E-state index in [9.17, 15) is 19.7 Å². The number of benzene rings is 4. The molecule has 1 N–H and O–H groups in total. The second-order valence-electron chi connectivity index (χ2n) is 9.41. The van der Waals surface area contributed by atoms with E-state index in [2.05, 4.69) is 15.4 Å². The molecule has 0 aliphatic heterocycles. The highest BCUT2D eigenvalue weighted by Gasteiger charge is 2.22. The number of anilines is 1. The molecule has 0 unspecified atom stereocenters. The molecule has 0 atom stereocenters. The molecule has 6 aromatic rings. The van der Waals surface area contributed by atoms with Crippen molar-refractivity contribution in [2.75, 3.05) is 11.9 Å². The van der Waals surface area contributed by atoms with Crippen molar-refractivity contribution in [2.24, 2.45) is 5.10 Å². The predicted molar refractivity (Wildman–Crippen MR) is 168 cm³/mol. The standard InChI is InChI=1S/C31H19Cl2N5O6/c32-20-9-11-22(12-10-20)35-28(39)17-43-29-19(13-21(33)15-25(29)38(41)42)16-34-37-30(27-14-18-5-1-4-8-26(18)44-27)36-24-7-3-2-6-23(24)31(37)40/h1-16H,17H2,(H,35,39). The molecule has 0 aliphatic carbocycles. The lowest BCUT2D eigenvalue weighted by molar-refractivity contribution is -0.385. The first kappa shape index (κ1) is 28.6. The zero-order valence-corrected chi connectivity index (χ0v) is 24.0. The second-order valence-corrected chi connectivity index (χ2v) is 10.3. The molecule has 0 saturated heterocycles. The number of amides is 1. The van der Waals surface area contributed by atoms with Crippen LogP contribution in [0.5, 0.6) is 5.75 Å². The Labute approximate surface area is 258 Å². The molecule has 0 fully saturated rings. The predicted octanol–water partition coefficient (Wildman–Crippen LogP) is 6.92. The van der Waals surface area contributed by atoms with Gasteiger partial charge in [0, 0.05) is 32.7 Å². The van der Waals surface area contributed by atoms with E-state index in [1.54, 1.807) is 60.7 Å². The largest absolute Gasteiger partial charge is 0.476 e. The highest BCUT2D eigenvalue weighted by Crippen LogP contribution is 2.34. The highest BCUT2D eigenvalue weighted by molar-refractivity contribution is 6.31. The lowest BCUT2D eigenvalue weighted by Crippen LogP contribution is -2.21. The molecular formula is C31H19Cl2N5O6. The Morgan fingerprint density at radius 3 is 2.55 bits per heavy atom. The lowest BCUT2D eigenvalue weighted by atomic mass is 10.2. The maximum absolute atomic E-state index is 13.6. The van der Waals surface area contributed by atoms with Gasteiger partial charge in [-0.3, -0.25) is 19.7 Å². The van der Waals surface area contributed by atoms with Gasteiger partial charge in [-0.25, -0.2) is 4.98 Å². The molecule has 0 spiro atoms. The summed E-state index contributed by atoms with van der Waals surface area (Å²) < 4.78 is 12.6. The van der Waals surface area contributed by atoms with E-state index < -0.39 is 28.7 Å². The van der Waals surface area contributed by atoms with Gasteiger partial charge in [0.2, 0.25) is 11.6 Å². The molecule has 2 heterocycles. The van der Waals surface area contributed by atoms with E-state index in [1.165, 1.54) is 12.3 Å². The number of nitrogens with one attached hydrogen (secondary N) is 1. The summed E-state index contributed by atoms with van der Waals surface area (Å²) in [5, 5.41) is 20.5. The van der Waals surface area contributed by atoms with Crippen LogP contribution in [0.4, 0.5) is 11.4 Å². The summed E-state index contributed by atoms with van der Waals surface area (Å²) in [5.74, 6) is -0.482. The number of carbonyl (C=O) groups is 1. The van der Waals surface area contributed by atoms with E-state index in [0.717, 1.165) is 16.1 Å². The van der Waals surface area contributed by atoms with Gasteiger partial charge in [0.25, 0.3) is 11.5 Å². The number of fused-ring (bicyclic) bond motifs is 2. The summed E-state index contributed by atoms with van der Waals surface area (Å²) in [7, 11) is 0. The lowest BCUT2D eigenvalue weighted by Gasteiger charge is -2.11. The van der Waals surface area contributed by atoms with Crippen molar-refractivity contribution in [1.29, 1.82) is 0 Å². The number of rotatable bonds is 8. The summed E-state index contributed by atoms with van der Waals surface area (Å²) in [6.45, 7) is -0.576. The molecule has 0 aliphatic rings. The molecule has 1 amide bonds. The molecule has 2 aromatic heterocycles. The van der Waals surface area contributed by atoms with Crippen LogP contribution in [-0.4, -0.2) is 33.3 Å². The summed E-state index contributed by atoms with van der Waals surface area (Å²) in [6.07, 6.45) is 1.18. The van der Waals surface area contributed by atoms with Crippen LogP contribution in [0.2, 0.25) is 10.0 Å². The molecule has 13 heteroatoms. The third-order valence-corrected chi connectivity index (χ3v) is 6.92. The number of nitro groups is 1. The van der Waals surface area contributed by atoms with Gasteiger partial charge in [0.15, 0.2) is 12.4 Å². The van der Waals surface area contributed by atoms with Gasteiger partial charge >= 0.3 is 5.69 Å². The number of furan rings is 1. The summed E-state index contributed by atoms with van der Waals surface area (Å²) in [6, 6.07) is 24.6. The number of hydrogen-bond acceptors (Lipinski definition) is 8. The van der Waals surface area contributed by atoms with Crippen LogP contribution < -0.4 is 15.6 Å². The molecule has 0 radical (unpaired) electrons. The second kappa shape index (κ2) is 12.0. The summed E-state index contributed by atoms with van der Waals surface area (Å²) >= 11 is 12.1. The van der Waals surface area contributed by atoms with Crippen LogP contribution in [0.15, 0.2) is 105 Å². The first-order valence-electron chi connectivity index (χ1n) is 13.0. The number of para-hydroxylation sites is 2. The number of nitrogens with zero attached hydrogens (tertiary/aromatic N) is 4. The van der Waals surface area contributed by atoms with Crippen molar-refractivity contribution in [1.82, 2.24) is 9.66 Å². The molecule has 11 nitrogen and oxygen atoms in total. The maximum atomic E-state index is 13.6. The van der Waals surface area contributed by atoms with Crippen LogP contribution in [0.3, 0.4) is 0 Å². The van der Waals surface area contributed by atoms with Crippen LogP contribution in [0.25, 0.3) is 33.5 Å². The normalized spacial score (nSPS) is 11.3. The quantitative estimate of drug-likeness (QED) is 0.110. The van der Waals surface area contributed by atoms with Gasteiger partial charge in [-0.15, -0.1) is 0 Å². The van der Waals surface area contributed by atoms with Gasteiger partial charge in [0.05, 0.1) is 22.0 Å². The Morgan fingerprint density at radius 2 is 1.77 bits per heavy atom. The molecular weight excluding hydrogens is 609 g/mol. The summed E-state index contributed by atoms with van der Waals surface area (Å²) in [5.41, 5.74) is 0.492. The van der Waals surface area contributed by atoms with Gasteiger partial charge in [0.1, 0.15) is 5.58 Å². The molecule has 6 rings (SSSR count). The average Bonchev–Trinajstić information content (AvgIpc) is 3.45. The molecule has 218 valence electrons. The Balaban J connectivity index is 1.41. The minimum Gasteiger partial charge on any atom is -0.476 e. The minimum absolute atomic E-state index is 0.0117. The van der Waals surface area contributed by atoms with E-state index in [1.807, 2.05) is 18.2 Å². The number of nitro benzene ring substituents is 1. The fourth-order valence-electron chi connectivity index (χ4n) is 4.46. The monoisotopic (exact) mass is 627 g/mol. The third kappa shape index (κ3) is 5.87. The Morgan fingerprint density at radius 1 is 1.02 bits per heavy atom. The van der Waals surface area contributed by atoms with Crippen LogP contribution in [-0.2, 0) is 4.79 Å². The van der Waals surface area contributed by atoms with Crippen molar-refractivity contribution in [2.45, 2.75) is 0 Å². The fraction of sp³-hybridized carbons (Fsp3) is 0.0323. The van der Waals surface area contributed by atoms with Crippen LogP contribution in [0.1, 0.15) is 5.56 Å². The van der Waals surface area contributed by atoms with Crippen molar-refractivity contribution in [3.05, 3.63) is 127 Å². The number of ether oxygens (including phenoxy) is 1. The highest BCUT2D eigenvalue weighted by atomic mass is 35.5. The number of carbonyl (C=O) groups excluding carboxylic acids is 1. The van der Waals surface area contributed by atoms with Crippen LogP contribution in [0, 0.1) is 10.1 Å². The fourth-order valence-corrected chi connectivity index (χ4v) is 4.81. The van der Waals surface area contributed by atoms with Gasteiger partial charge < -0.3 is 14.5 Å². The van der Waals surface area contributed by atoms with E-state index >= 15 is 0 Å². The number of hydrogen-bond donors (Lipinski definition) is 1.